The third-order valence-electron chi connectivity index (χ3n) is 3.12. The summed E-state index contributed by atoms with van der Waals surface area (Å²) in [5.74, 6) is -1.09. The fourth-order valence-electron chi connectivity index (χ4n) is 2.01. The molecule has 1 N–H and O–H groups in total. The van der Waals surface area contributed by atoms with Crippen LogP contribution in [0.4, 0.5) is 13.2 Å². The van der Waals surface area contributed by atoms with Crippen LogP contribution in [0.5, 0.6) is 5.75 Å². The van der Waals surface area contributed by atoms with Gasteiger partial charge in [-0.1, -0.05) is 37.6 Å². The first-order valence-corrected chi connectivity index (χ1v) is 7.71. The SMILES string of the molecule is CCC/C=C\C=C/CCOc1ccc(C(F)(F)F)c(CC(=O)O)c1. The number of hydrogen-bond donors (Lipinski definition) is 1. The Hall–Kier alpha value is -2.24. The van der Waals surface area contributed by atoms with Crippen LogP contribution in [0.25, 0.3) is 0 Å². The number of carbonyl (C=O) groups is 1. The van der Waals surface area contributed by atoms with Gasteiger partial charge in [0.2, 0.25) is 0 Å². The molecule has 0 heterocycles. The molecular formula is C18H21F3O3. The number of aliphatic carboxylic acids is 1. The molecule has 0 aliphatic carbocycles. The van der Waals surface area contributed by atoms with E-state index in [1.807, 2.05) is 24.3 Å². The van der Waals surface area contributed by atoms with Crippen molar-refractivity contribution >= 4 is 5.97 Å². The summed E-state index contributed by atoms with van der Waals surface area (Å²) in [6.45, 7) is 2.39. The van der Waals surface area contributed by atoms with Crippen molar-refractivity contribution in [2.45, 2.75) is 38.8 Å². The van der Waals surface area contributed by atoms with Crippen LogP contribution in [0.1, 0.15) is 37.3 Å². The molecule has 0 aliphatic heterocycles. The van der Waals surface area contributed by atoms with Crippen LogP contribution in [-0.4, -0.2) is 17.7 Å². The van der Waals surface area contributed by atoms with Crippen molar-refractivity contribution in [2.75, 3.05) is 6.61 Å². The van der Waals surface area contributed by atoms with Crippen molar-refractivity contribution in [3.63, 3.8) is 0 Å². The molecule has 1 aromatic rings. The molecule has 0 spiro atoms. The van der Waals surface area contributed by atoms with Gasteiger partial charge in [-0.05, 0) is 36.6 Å². The van der Waals surface area contributed by atoms with E-state index in [0.29, 0.717) is 13.0 Å². The zero-order chi connectivity index (χ0) is 18.0. The lowest BCUT2D eigenvalue weighted by molar-refractivity contribution is -0.139. The van der Waals surface area contributed by atoms with E-state index in [4.69, 9.17) is 9.84 Å². The number of ether oxygens (including phenoxy) is 1. The fourth-order valence-corrected chi connectivity index (χ4v) is 2.01. The minimum Gasteiger partial charge on any atom is -0.493 e. The molecule has 0 radical (unpaired) electrons. The molecule has 132 valence electrons. The van der Waals surface area contributed by atoms with Gasteiger partial charge in [-0.15, -0.1) is 0 Å². The lowest BCUT2D eigenvalue weighted by Crippen LogP contribution is -2.12. The van der Waals surface area contributed by atoms with E-state index in [0.717, 1.165) is 25.0 Å². The summed E-state index contributed by atoms with van der Waals surface area (Å²) in [7, 11) is 0. The molecule has 0 aliphatic rings. The van der Waals surface area contributed by atoms with E-state index in [-0.39, 0.29) is 11.3 Å². The molecule has 0 saturated heterocycles. The third-order valence-corrected chi connectivity index (χ3v) is 3.12. The number of carboxylic acids is 1. The van der Waals surface area contributed by atoms with Crippen molar-refractivity contribution in [1.82, 2.24) is 0 Å². The third kappa shape index (κ3) is 7.35. The number of benzene rings is 1. The first-order valence-electron chi connectivity index (χ1n) is 7.71. The van der Waals surface area contributed by atoms with Crippen LogP contribution in [0.2, 0.25) is 0 Å². The second-order valence-corrected chi connectivity index (χ2v) is 5.17. The summed E-state index contributed by atoms with van der Waals surface area (Å²) < 4.78 is 44.0. The molecule has 0 unspecified atom stereocenters. The maximum atomic E-state index is 12.9. The van der Waals surface area contributed by atoms with E-state index < -0.39 is 24.1 Å². The first kappa shape index (κ1) is 19.8. The number of halogens is 3. The molecule has 0 fully saturated rings. The Bertz CT molecular complexity index is 590. The van der Waals surface area contributed by atoms with Crippen LogP contribution in [0, 0.1) is 0 Å². The zero-order valence-corrected chi connectivity index (χ0v) is 13.5. The van der Waals surface area contributed by atoms with Gasteiger partial charge in [0.25, 0.3) is 0 Å². The lowest BCUT2D eigenvalue weighted by Gasteiger charge is -2.13. The van der Waals surface area contributed by atoms with Gasteiger partial charge in [-0.3, -0.25) is 4.79 Å². The van der Waals surface area contributed by atoms with Crippen LogP contribution in [-0.2, 0) is 17.4 Å². The highest BCUT2D eigenvalue weighted by Crippen LogP contribution is 2.34. The molecule has 0 bridgehead atoms. The van der Waals surface area contributed by atoms with Crippen molar-refractivity contribution in [2.24, 2.45) is 0 Å². The quantitative estimate of drug-likeness (QED) is 0.507. The highest BCUT2D eigenvalue weighted by Gasteiger charge is 2.33. The largest absolute Gasteiger partial charge is 0.493 e. The van der Waals surface area contributed by atoms with E-state index in [1.54, 1.807) is 0 Å². The highest BCUT2D eigenvalue weighted by atomic mass is 19.4. The number of allylic oxidation sites excluding steroid dienone is 3. The van der Waals surface area contributed by atoms with Gasteiger partial charge in [0.15, 0.2) is 0 Å². The van der Waals surface area contributed by atoms with Crippen LogP contribution in [0.15, 0.2) is 42.5 Å². The monoisotopic (exact) mass is 342 g/mol. The minimum atomic E-state index is -4.59. The molecule has 0 amide bonds. The van der Waals surface area contributed by atoms with Crippen LogP contribution < -0.4 is 4.74 Å². The average molecular weight is 342 g/mol. The maximum Gasteiger partial charge on any atom is 0.416 e. The fraction of sp³-hybridized carbons (Fsp3) is 0.389. The zero-order valence-electron chi connectivity index (χ0n) is 13.5. The molecule has 6 heteroatoms. The topological polar surface area (TPSA) is 46.5 Å². The van der Waals surface area contributed by atoms with Crippen molar-refractivity contribution in [1.29, 1.82) is 0 Å². The Morgan fingerprint density at radius 1 is 1.21 bits per heavy atom. The molecule has 3 nitrogen and oxygen atoms in total. The standard InChI is InChI=1S/C18H21F3O3/c1-2-3-4-5-6-7-8-11-24-15-9-10-16(18(19,20)21)14(12-15)13-17(22)23/h4-7,9-10,12H,2-3,8,11,13H2,1H3,(H,22,23)/b5-4-,7-6-. The van der Waals surface area contributed by atoms with Gasteiger partial charge in [0, 0.05) is 0 Å². The Morgan fingerprint density at radius 3 is 2.46 bits per heavy atom. The molecule has 1 aromatic carbocycles. The summed E-state index contributed by atoms with van der Waals surface area (Å²) in [4.78, 5) is 10.7. The average Bonchev–Trinajstić information content (AvgIpc) is 2.48. The van der Waals surface area contributed by atoms with Crippen molar-refractivity contribution in [3.8, 4) is 5.75 Å². The van der Waals surface area contributed by atoms with E-state index in [2.05, 4.69) is 6.92 Å². The van der Waals surface area contributed by atoms with E-state index in [9.17, 15) is 18.0 Å². The molecule has 0 atom stereocenters. The number of hydrogen-bond acceptors (Lipinski definition) is 2. The summed E-state index contributed by atoms with van der Waals surface area (Å²) in [5.41, 5.74) is -1.25. The minimum absolute atomic E-state index is 0.231. The van der Waals surface area contributed by atoms with Gasteiger partial charge >= 0.3 is 12.1 Å². The Kier molecular flexibility index (Phi) is 8.09. The van der Waals surface area contributed by atoms with Gasteiger partial charge in [-0.25, -0.2) is 0 Å². The Labute approximate surface area is 139 Å². The second kappa shape index (κ2) is 9.80. The number of unbranched alkanes of at least 4 members (excludes halogenated alkanes) is 1. The first-order chi connectivity index (χ1) is 11.3. The summed E-state index contributed by atoms with van der Waals surface area (Å²) in [5, 5.41) is 8.76. The summed E-state index contributed by atoms with van der Waals surface area (Å²) in [6.07, 6.45) is 5.18. The van der Waals surface area contributed by atoms with Gasteiger partial charge in [0.1, 0.15) is 5.75 Å². The van der Waals surface area contributed by atoms with Gasteiger partial charge in [-0.2, -0.15) is 13.2 Å². The summed E-state index contributed by atoms with van der Waals surface area (Å²) >= 11 is 0. The number of carboxylic acid groups (broad SMARTS) is 1. The second-order valence-electron chi connectivity index (χ2n) is 5.17. The Balaban J connectivity index is 2.64. The number of rotatable bonds is 9. The summed E-state index contributed by atoms with van der Waals surface area (Å²) in [6, 6.07) is 3.21. The highest BCUT2D eigenvalue weighted by molar-refractivity contribution is 5.71. The molecule has 0 aromatic heterocycles. The smallest absolute Gasteiger partial charge is 0.416 e. The normalized spacial score (nSPS) is 12.2. The lowest BCUT2D eigenvalue weighted by atomic mass is 10.0. The molecule has 24 heavy (non-hydrogen) atoms. The molecule has 0 saturated carbocycles. The molecular weight excluding hydrogens is 321 g/mol. The van der Waals surface area contributed by atoms with Crippen molar-refractivity contribution < 1.29 is 27.8 Å². The van der Waals surface area contributed by atoms with Crippen LogP contribution in [0.3, 0.4) is 0 Å². The Morgan fingerprint density at radius 2 is 1.88 bits per heavy atom. The van der Waals surface area contributed by atoms with Gasteiger partial charge in [0.05, 0.1) is 18.6 Å². The van der Waals surface area contributed by atoms with E-state index >= 15 is 0 Å². The van der Waals surface area contributed by atoms with Crippen LogP contribution >= 0.6 is 0 Å². The van der Waals surface area contributed by atoms with Gasteiger partial charge < -0.3 is 9.84 Å². The number of alkyl halides is 3. The molecule has 1 rings (SSSR count). The predicted molar refractivity (Wildman–Crippen MR) is 86.1 cm³/mol. The predicted octanol–water partition coefficient (Wildman–Crippen LogP) is 5.01. The maximum absolute atomic E-state index is 12.9. The van der Waals surface area contributed by atoms with Crippen molar-refractivity contribution in [3.05, 3.63) is 53.6 Å². The van der Waals surface area contributed by atoms with E-state index in [1.165, 1.54) is 6.07 Å².